The summed E-state index contributed by atoms with van der Waals surface area (Å²) in [6.07, 6.45) is 6.38. The van der Waals surface area contributed by atoms with Crippen LogP contribution in [0.5, 0.6) is 0 Å². The fourth-order valence-electron chi connectivity index (χ4n) is 3.67. The van der Waals surface area contributed by atoms with Gasteiger partial charge in [-0.15, -0.1) is 24.0 Å². The molecule has 29 heavy (non-hydrogen) atoms. The van der Waals surface area contributed by atoms with Crippen molar-refractivity contribution in [1.29, 1.82) is 0 Å². The molecule has 162 valence electrons. The lowest BCUT2D eigenvalue weighted by Gasteiger charge is -2.34. The molecule has 0 radical (unpaired) electrons. The first kappa shape index (κ1) is 23.6. The molecule has 0 spiro atoms. The average Bonchev–Trinajstić information content (AvgIpc) is 2.74. The number of amides is 1. The van der Waals surface area contributed by atoms with E-state index in [-0.39, 0.29) is 29.9 Å². The normalized spacial score (nSPS) is 18.4. The highest BCUT2D eigenvalue weighted by molar-refractivity contribution is 14.0. The summed E-state index contributed by atoms with van der Waals surface area (Å²) in [4.78, 5) is 32.3. The van der Waals surface area contributed by atoms with Gasteiger partial charge in [0.2, 0.25) is 11.9 Å². The number of nitrogens with zero attached hydrogens (tertiary/aromatic N) is 6. The highest BCUT2D eigenvalue weighted by Crippen LogP contribution is 2.16. The van der Waals surface area contributed by atoms with E-state index in [4.69, 9.17) is 4.99 Å². The van der Waals surface area contributed by atoms with E-state index in [1.807, 2.05) is 11.0 Å². The number of halogens is 1. The maximum absolute atomic E-state index is 12.6. The van der Waals surface area contributed by atoms with Crippen molar-refractivity contribution in [3.63, 3.8) is 0 Å². The monoisotopic (exact) mass is 515 g/mol. The van der Waals surface area contributed by atoms with E-state index in [0.29, 0.717) is 26.1 Å². The van der Waals surface area contributed by atoms with E-state index in [1.54, 1.807) is 12.4 Å². The maximum atomic E-state index is 12.6. The van der Waals surface area contributed by atoms with Gasteiger partial charge in [-0.25, -0.2) is 9.97 Å². The van der Waals surface area contributed by atoms with Crippen LogP contribution in [0.4, 0.5) is 5.95 Å². The van der Waals surface area contributed by atoms with Crippen LogP contribution in [-0.2, 0) is 4.79 Å². The molecule has 2 aliphatic heterocycles. The third-order valence-corrected chi connectivity index (χ3v) is 5.47. The summed E-state index contributed by atoms with van der Waals surface area (Å²) in [6, 6.07) is 1.82. The van der Waals surface area contributed by atoms with Crippen molar-refractivity contribution in [2.45, 2.75) is 33.1 Å². The lowest BCUT2D eigenvalue weighted by atomic mass is 10.00. The number of rotatable bonds is 5. The fourth-order valence-corrected chi connectivity index (χ4v) is 3.67. The molecular formula is C20H34IN7O. The second-order valence-corrected chi connectivity index (χ2v) is 7.57. The van der Waals surface area contributed by atoms with E-state index >= 15 is 0 Å². The molecule has 1 amide bonds. The average molecular weight is 515 g/mol. The number of nitrogens with one attached hydrogen (secondary N) is 1. The van der Waals surface area contributed by atoms with Crippen LogP contribution in [-0.4, -0.2) is 84.0 Å². The van der Waals surface area contributed by atoms with Gasteiger partial charge in [0.15, 0.2) is 5.96 Å². The maximum Gasteiger partial charge on any atom is 0.225 e. The Balaban J connectivity index is 0.00000300. The zero-order valence-electron chi connectivity index (χ0n) is 17.6. The molecule has 8 nitrogen and oxygen atoms in total. The predicted molar refractivity (Wildman–Crippen MR) is 127 cm³/mol. The number of piperazine rings is 1. The highest BCUT2D eigenvalue weighted by atomic mass is 127. The number of anilines is 1. The molecule has 3 heterocycles. The summed E-state index contributed by atoms with van der Waals surface area (Å²) in [5.74, 6) is 2.67. The molecule has 0 aliphatic carbocycles. The van der Waals surface area contributed by atoms with Gasteiger partial charge in [-0.3, -0.25) is 9.79 Å². The summed E-state index contributed by atoms with van der Waals surface area (Å²) >= 11 is 0. The summed E-state index contributed by atoms with van der Waals surface area (Å²) in [6.45, 7) is 10.8. The summed E-state index contributed by atoms with van der Waals surface area (Å²) in [5.41, 5.74) is 0. The Bertz CT molecular complexity index is 641. The summed E-state index contributed by atoms with van der Waals surface area (Å²) in [7, 11) is 0. The largest absolute Gasteiger partial charge is 0.357 e. The Kier molecular flexibility index (Phi) is 9.89. The van der Waals surface area contributed by atoms with E-state index in [9.17, 15) is 4.79 Å². The Labute approximate surface area is 191 Å². The van der Waals surface area contributed by atoms with Crippen LogP contribution in [0.15, 0.2) is 23.5 Å². The van der Waals surface area contributed by atoms with E-state index in [2.05, 4.69) is 38.9 Å². The van der Waals surface area contributed by atoms with Gasteiger partial charge in [-0.1, -0.05) is 6.92 Å². The van der Waals surface area contributed by atoms with Crippen LogP contribution in [0.1, 0.15) is 33.1 Å². The van der Waals surface area contributed by atoms with E-state index in [1.165, 1.54) is 12.8 Å². The molecule has 1 N–H and O–H groups in total. The van der Waals surface area contributed by atoms with E-state index < -0.39 is 0 Å². The van der Waals surface area contributed by atoms with Gasteiger partial charge in [-0.2, -0.15) is 0 Å². The smallest absolute Gasteiger partial charge is 0.225 e. The Hall–Kier alpha value is -1.65. The Morgan fingerprint density at radius 3 is 2.38 bits per heavy atom. The molecule has 9 heteroatoms. The topological polar surface area (TPSA) is 77.0 Å². The SMILES string of the molecule is CCNC(=NCCC(=O)N1CCN(c2ncccn2)CC1)N1CCC(C)CC1.I. The van der Waals surface area contributed by atoms with Gasteiger partial charge in [0.05, 0.1) is 6.54 Å². The van der Waals surface area contributed by atoms with Crippen molar-refractivity contribution in [3.05, 3.63) is 18.5 Å². The number of aromatic nitrogens is 2. The van der Waals surface area contributed by atoms with Crippen molar-refractivity contribution in [2.75, 3.05) is 57.3 Å². The van der Waals surface area contributed by atoms with Crippen molar-refractivity contribution >= 4 is 41.8 Å². The number of carbonyl (C=O) groups excluding carboxylic acids is 1. The number of hydrogen-bond donors (Lipinski definition) is 1. The summed E-state index contributed by atoms with van der Waals surface area (Å²) < 4.78 is 0. The summed E-state index contributed by atoms with van der Waals surface area (Å²) in [5, 5.41) is 3.37. The quantitative estimate of drug-likeness (QED) is 0.367. The first-order valence-corrected chi connectivity index (χ1v) is 10.5. The second kappa shape index (κ2) is 12.1. The molecule has 0 saturated carbocycles. The van der Waals surface area contributed by atoms with Gasteiger partial charge in [0.1, 0.15) is 0 Å². The van der Waals surface area contributed by atoms with Crippen LogP contribution >= 0.6 is 24.0 Å². The van der Waals surface area contributed by atoms with Crippen molar-refractivity contribution in [3.8, 4) is 0 Å². The molecule has 1 aromatic rings. The molecule has 2 aliphatic rings. The number of carbonyl (C=O) groups is 1. The molecule has 0 bridgehead atoms. The molecule has 0 unspecified atom stereocenters. The van der Waals surface area contributed by atoms with Crippen molar-refractivity contribution in [1.82, 2.24) is 25.1 Å². The van der Waals surface area contributed by atoms with Crippen LogP contribution in [0.25, 0.3) is 0 Å². The zero-order chi connectivity index (χ0) is 19.8. The first-order chi connectivity index (χ1) is 13.7. The van der Waals surface area contributed by atoms with Gasteiger partial charge in [0, 0.05) is 64.6 Å². The number of aliphatic imine (C=N–C) groups is 1. The lowest BCUT2D eigenvalue weighted by molar-refractivity contribution is -0.131. The van der Waals surface area contributed by atoms with Gasteiger partial charge in [0.25, 0.3) is 0 Å². The Morgan fingerprint density at radius 2 is 1.76 bits per heavy atom. The molecule has 3 rings (SSSR count). The lowest BCUT2D eigenvalue weighted by Crippen LogP contribution is -2.49. The van der Waals surface area contributed by atoms with E-state index in [0.717, 1.165) is 50.5 Å². The molecule has 0 aromatic carbocycles. The number of piperidine rings is 1. The molecular weight excluding hydrogens is 481 g/mol. The van der Waals surface area contributed by atoms with Crippen LogP contribution < -0.4 is 10.2 Å². The second-order valence-electron chi connectivity index (χ2n) is 7.57. The highest BCUT2D eigenvalue weighted by Gasteiger charge is 2.22. The third kappa shape index (κ3) is 6.97. The van der Waals surface area contributed by atoms with Gasteiger partial charge < -0.3 is 20.0 Å². The third-order valence-electron chi connectivity index (χ3n) is 5.47. The fraction of sp³-hybridized carbons (Fsp3) is 0.700. The number of likely N-dealkylation sites (tertiary alicyclic amines) is 1. The molecule has 0 atom stereocenters. The first-order valence-electron chi connectivity index (χ1n) is 10.5. The van der Waals surface area contributed by atoms with Crippen LogP contribution in [0.3, 0.4) is 0 Å². The minimum Gasteiger partial charge on any atom is -0.357 e. The number of hydrogen-bond acceptors (Lipinski definition) is 5. The molecule has 1 aromatic heterocycles. The predicted octanol–water partition coefficient (Wildman–Crippen LogP) is 1.83. The van der Waals surface area contributed by atoms with Crippen molar-refractivity contribution in [2.24, 2.45) is 10.9 Å². The van der Waals surface area contributed by atoms with Gasteiger partial charge >= 0.3 is 0 Å². The van der Waals surface area contributed by atoms with Crippen molar-refractivity contribution < 1.29 is 4.79 Å². The van der Waals surface area contributed by atoms with Crippen LogP contribution in [0.2, 0.25) is 0 Å². The van der Waals surface area contributed by atoms with Gasteiger partial charge in [-0.05, 0) is 31.7 Å². The molecule has 2 saturated heterocycles. The number of guanidine groups is 1. The Morgan fingerprint density at radius 1 is 1.10 bits per heavy atom. The standard InChI is InChI=1S/C20H33N7O.HI/c1-3-21-19(26-11-6-17(2)7-12-26)24-10-5-18(28)25-13-15-27(16-14-25)20-22-8-4-9-23-20;/h4,8-9,17H,3,5-7,10-16H2,1-2H3,(H,21,24);1H. The van der Waals surface area contributed by atoms with Crippen LogP contribution in [0, 0.1) is 5.92 Å². The minimum absolute atomic E-state index is 0. The zero-order valence-corrected chi connectivity index (χ0v) is 19.9. The minimum atomic E-state index is 0. The molecule has 2 fully saturated rings.